The van der Waals surface area contributed by atoms with E-state index in [1.165, 1.54) is 37.7 Å². The van der Waals surface area contributed by atoms with Gasteiger partial charge in [0.2, 0.25) is 5.95 Å². The zero-order valence-corrected chi connectivity index (χ0v) is 15.9. The molecule has 0 amide bonds. The fraction of sp³-hybridized carbons (Fsp3) is 0.524. The van der Waals surface area contributed by atoms with Crippen molar-refractivity contribution in [3.63, 3.8) is 0 Å². The number of anilines is 3. The van der Waals surface area contributed by atoms with Crippen molar-refractivity contribution in [2.24, 2.45) is 0 Å². The minimum absolute atomic E-state index is 0.168. The predicted molar refractivity (Wildman–Crippen MR) is 106 cm³/mol. The summed E-state index contributed by atoms with van der Waals surface area (Å²) >= 11 is 0. The molecule has 0 spiro atoms. The van der Waals surface area contributed by atoms with Crippen molar-refractivity contribution in [3.8, 4) is 0 Å². The highest BCUT2D eigenvalue weighted by Crippen LogP contribution is 2.25. The van der Waals surface area contributed by atoms with E-state index in [0.717, 1.165) is 23.1 Å². The van der Waals surface area contributed by atoms with Gasteiger partial charge in [0.25, 0.3) is 0 Å². The van der Waals surface area contributed by atoms with E-state index in [2.05, 4.69) is 65.6 Å². The molecular weight excluding hydrogens is 308 g/mol. The van der Waals surface area contributed by atoms with Gasteiger partial charge in [-0.2, -0.15) is 4.98 Å². The SMILES string of the molecule is Cc1cc(Nc2ccc(C(C)(C)C)cc2)nc(NC2CCCCC2)n1. The van der Waals surface area contributed by atoms with Gasteiger partial charge in [-0.15, -0.1) is 0 Å². The Hall–Kier alpha value is -2.10. The Balaban J connectivity index is 1.71. The molecule has 1 saturated carbocycles. The molecule has 0 unspecified atom stereocenters. The largest absolute Gasteiger partial charge is 0.351 e. The van der Waals surface area contributed by atoms with Crippen LogP contribution in [0.25, 0.3) is 0 Å². The lowest BCUT2D eigenvalue weighted by molar-refractivity contribution is 0.461. The molecular formula is C21H30N4. The van der Waals surface area contributed by atoms with Gasteiger partial charge in [0.05, 0.1) is 0 Å². The van der Waals surface area contributed by atoms with E-state index < -0.39 is 0 Å². The van der Waals surface area contributed by atoms with Crippen molar-refractivity contribution in [3.05, 3.63) is 41.6 Å². The van der Waals surface area contributed by atoms with E-state index >= 15 is 0 Å². The van der Waals surface area contributed by atoms with Crippen molar-refractivity contribution >= 4 is 17.5 Å². The highest BCUT2D eigenvalue weighted by molar-refractivity contribution is 5.58. The summed E-state index contributed by atoms with van der Waals surface area (Å²) in [6, 6.07) is 11.1. The average Bonchev–Trinajstić information content (AvgIpc) is 2.55. The van der Waals surface area contributed by atoms with Crippen LogP contribution >= 0.6 is 0 Å². The number of nitrogens with one attached hydrogen (secondary N) is 2. The standard InChI is InChI=1S/C21H30N4/c1-15-14-19(23-18-12-10-16(11-13-18)21(2,3)4)25-20(22-15)24-17-8-6-5-7-9-17/h10-14,17H,5-9H2,1-4H3,(H2,22,23,24,25). The summed E-state index contributed by atoms with van der Waals surface area (Å²) in [5, 5.41) is 6.92. The molecule has 1 fully saturated rings. The number of aryl methyl sites for hydroxylation is 1. The van der Waals surface area contributed by atoms with Crippen LogP contribution < -0.4 is 10.6 Å². The Labute approximate surface area is 151 Å². The first-order valence-electron chi connectivity index (χ1n) is 9.40. The zero-order valence-electron chi connectivity index (χ0n) is 15.9. The summed E-state index contributed by atoms with van der Waals surface area (Å²) in [6.07, 6.45) is 6.39. The van der Waals surface area contributed by atoms with Gasteiger partial charge in [0.1, 0.15) is 5.82 Å². The van der Waals surface area contributed by atoms with Crippen molar-refractivity contribution < 1.29 is 0 Å². The van der Waals surface area contributed by atoms with E-state index in [-0.39, 0.29) is 5.41 Å². The van der Waals surface area contributed by atoms with Gasteiger partial charge in [0.15, 0.2) is 0 Å². The molecule has 25 heavy (non-hydrogen) atoms. The molecule has 1 aromatic heterocycles. The second-order valence-electron chi connectivity index (χ2n) is 8.15. The molecule has 0 radical (unpaired) electrons. The lowest BCUT2D eigenvalue weighted by atomic mass is 9.87. The number of benzene rings is 1. The van der Waals surface area contributed by atoms with Crippen molar-refractivity contribution in [1.29, 1.82) is 0 Å². The third kappa shape index (κ3) is 4.94. The molecule has 1 heterocycles. The minimum atomic E-state index is 0.168. The van der Waals surface area contributed by atoms with Crippen molar-refractivity contribution in [2.45, 2.75) is 71.3 Å². The normalized spacial score (nSPS) is 15.8. The van der Waals surface area contributed by atoms with Crippen molar-refractivity contribution in [1.82, 2.24) is 9.97 Å². The Kier molecular flexibility index (Phi) is 5.26. The Morgan fingerprint density at radius 2 is 1.64 bits per heavy atom. The molecule has 2 aromatic rings. The van der Waals surface area contributed by atoms with Gasteiger partial charge in [-0.25, -0.2) is 4.98 Å². The van der Waals surface area contributed by atoms with E-state index in [9.17, 15) is 0 Å². The lowest BCUT2D eigenvalue weighted by Crippen LogP contribution is -2.23. The lowest BCUT2D eigenvalue weighted by Gasteiger charge is -2.23. The number of hydrogen-bond acceptors (Lipinski definition) is 4. The first kappa shape index (κ1) is 17.7. The van der Waals surface area contributed by atoms with Gasteiger partial charge in [-0.1, -0.05) is 52.2 Å². The molecule has 134 valence electrons. The van der Waals surface area contributed by atoms with Crippen molar-refractivity contribution in [2.75, 3.05) is 10.6 Å². The summed E-state index contributed by atoms with van der Waals surface area (Å²) in [4.78, 5) is 9.21. The van der Waals surface area contributed by atoms with E-state index in [1.807, 2.05) is 13.0 Å². The van der Waals surface area contributed by atoms with E-state index in [4.69, 9.17) is 0 Å². The second-order valence-corrected chi connectivity index (χ2v) is 8.15. The van der Waals surface area contributed by atoms with Crippen LogP contribution in [0.1, 0.15) is 64.1 Å². The maximum Gasteiger partial charge on any atom is 0.225 e. The first-order valence-corrected chi connectivity index (χ1v) is 9.40. The quantitative estimate of drug-likeness (QED) is 0.765. The molecule has 0 bridgehead atoms. The fourth-order valence-corrected chi connectivity index (χ4v) is 3.33. The van der Waals surface area contributed by atoms with Gasteiger partial charge in [-0.3, -0.25) is 0 Å². The summed E-state index contributed by atoms with van der Waals surface area (Å²) in [5.41, 5.74) is 3.52. The van der Waals surface area contributed by atoms with Gasteiger partial charge in [-0.05, 0) is 42.9 Å². The third-order valence-electron chi connectivity index (χ3n) is 4.82. The second kappa shape index (κ2) is 7.42. The molecule has 3 rings (SSSR count). The summed E-state index contributed by atoms with van der Waals surface area (Å²) < 4.78 is 0. The van der Waals surface area contributed by atoms with Crippen LogP contribution in [0, 0.1) is 6.92 Å². The predicted octanol–water partition coefficient (Wildman–Crippen LogP) is 5.57. The average molecular weight is 338 g/mol. The number of hydrogen-bond donors (Lipinski definition) is 2. The fourth-order valence-electron chi connectivity index (χ4n) is 3.33. The maximum atomic E-state index is 4.66. The van der Waals surface area contributed by atoms with Gasteiger partial charge in [0, 0.05) is 23.5 Å². The van der Waals surface area contributed by atoms with E-state index in [1.54, 1.807) is 0 Å². The number of rotatable bonds is 4. The van der Waals surface area contributed by atoms with Crippen LogP contribution in [0.2, 0.25) is 0 Å². The smallest absolute Gasteiger partial charge is 0.225 e. The molecule has 0 saturated heterocycles. The Bertz CT molecular complexity index is 695. The highest BCUT2D eigenvalue weighted by Gasteiger charge is 2.15. The van der Waals surface area contributed by atoms with Crippen LogP contribution in [0.5, 0.6) is 0 Å². The number of aromatic nitrogens is 2. The summed E-state index contributed by atoms with van der Waals surface area (Å²) in [5.74, 6) is 1.58. The first-order chi connectivity index (χ1) is 11.9. The third-order valence-corrected chi connectivity index (χ3v) is 4.82. The molecule has 4 nitrogen and oxygen atoms in total. The maximum absolute atomic E-state index is 4.66. The van der Waals surface area contributed by atoms with E-state index in [0.29, 0.717) is 6.04 Å². The van der Waals surface area contributed by atoms with Crippen LogP contribution in [-0.2, 0) is 5.41 Å². The summed E-state index contributed by atoms with van der Waals surface area (Å²) in [7, 11) is 0. The van der Waals surface area contributed by atoms with Crippen LogP contribution in [0.15, 0.2) is 30.3 Å². The number of nitrogens with zero attached hydrogens (tertiary/aromatic N) is 2. The Morgan fingerprint density at radius 3 is 2.28 bits per heavy atom. The van der Waals surface area contributed by atoms with Crippen LogP contribution in [-0.4, -0.2) is 16.0 Å². The van der Waals surface area contributed by atoms with Crippen LogP contribution in [0.3, 0.4) is 0 Å². The monoisotopic (exact) mass is 338 g/mol. The van der Waals surface area contributed by atoms with Gasteiger partial charge >= 0.3 is 0 Å². The molecule has 2 N–H and O–H groups in total. The molecule has 4 heteroatoms. The Morgan fingerprint density at radius 1 is 0.960 bits per heavy atom. The summed E-state index contributed by atoms with van der Waals surface area (Å²) in [6.45, 7) is 8.70. The molecule has 0 atom stereocenters. The zero-order chi connectivity index (χ0) is 17.9. The topological polar surface area (TPSA) is 49.8 Å². The molecule has 0 aliphatic heterocycles. The molecule has 1 aliphatic rings. The van der Waals surface area contributed by atoms with Gasteiger partial charge < -0.3 is 10.6 Å². The molecule has 1 aliphatic carbocycles. The molecule has 1 aromatic carbocycles. The minimum Gasteiger partial charge on any atom is -0.351 e. The van der Waals surface area contributed by atoms with Crippen LogP contribution in [0.4, 0.5) is 17.5 Å². The highest BCUT2D eigenvalue weighted by atomic mass is 15.2.